The molecule has 2 aliphatic rings. The lowest BCUT2D eigenvalue weighted by molar-refractivity contribution is 0.350. The van der Waals surface area contributed by atoms with Gasteiger partial charge in [-0.2, -0.15) is 0 Å². The third kappa shape index (κ3) is 5.42. The summed E-state index contributed by atoms with van der Waals surface area (Å²) in [5.41, 5.74) is 0. The number of hydrogen-bond acceptors (Lipinski definition) is 5. The number of aliphatic imine (C=N–C) groups is 1. The Balaban J connectivity index is 0.00000312. The first-order chi connectivity index (χ1) is 11.0. The van der Waals surface area contributed by atoms with E-state index in [2.05, 4.69) is 10.3 Å². The minimum absolute atomic E-state index is 0. The van der Waals surface area contributed by atoms with Crippen molar-refractivity contribution >= 4 is 49.8 Å². The molecule has 0 bridgehead atoms. The van der Waals surface area contributed by atoms with Gasteiger partial charge >= 0.3 is 0 Å². The van der Waals surface area contributed by atoms with E-state index in [0.717, 1.165) is 6.42 Å². The van der Waals surface area contributed by atoms with E-state index in [1.807, 2.05) is 4.90 Å². The first kappa shape index (κ1) is 22.9. The zero-order valence-corrected chi connectivity index (χ0v) is 19.2. The normalized spacial score (nSPS) is 27.0. The fourth-order valence-corrected chi connectivity index (χ4v) is 5.44. The Morgan fingerprint density at radius 1 is 1.32 bits per heavy atom. The van der Waals surface area contributed by atoms with Gasteiger partial charge in [0.2, 0.25) is 10.0 Å². The summed E-state index contributed by atoms with van der Waals surface area (Å²) in [6.07, 6.45) is 2.05. The number of nitrogens with zero attached hydrogens (tertiary/aromatic N) is 3. The first-order valence-corrected chi connectivity index (χ1v) is 11.6. The van der Waals surface area contributed by atoms with Crippen LogP contribution in [0.25, 0.3) is 0 Å². The third-order valence-electron chi connectivity index (χ3n) is 4.82. The van der Waals surface area contributed by atoms with Crippen molar-refractivity contribution in [3.8, 4) is 0 Å². The fraction of sp³-hybridized carbons (Fsp3) is 0.929. The molecule has 0 amide bonds. The lowest BCUT2D eigenvalue weighted by Gasteiger charge is -2.39. The van der Waals surface area contributed by atoms with Crippen LogP contribution in [0.5, 0.6) is 0 Å². The van der Waals surface area contributed by atoms with Gasteiger partial charge in [-0.25, -0.2) is 21.1 Å². The Hall–Kier alpha value is -0.140. The Labute approximate surface area is 168 Å². The predicted octanol–water partition coefficient (Wildman–Crippen LogP) is -0.0297. The van der Waals surface area contributed by atoms with E-state index < -0.39 is 24.6 Å². The highest BCUT2D eigenvalue weighted by atomic mass is 127. The highest BCUT2D eigenvalue weighted by Gasteiger charge is 2.41. The van der Waals surface area contributed by atoms with E-state index in [1.54, 1.807) is 20.9 Å². The van der Waals surface area contributed by atoms with Crippen molar-refractivity contribution in [1.82, 2.24) is 14.5 Å². The molecule has 8 nitrogen and oxygen atoms in total. The molecule has 1 atom stereocenters. The number of halogens is 1. The van der Waals surface area contributed by atoms with Gasteiger partial charge in [0.1, 0.15) is 0 Å². The van der Waals surface area contributed by atoms with Gasteiger partial charge in [0, 0.05) is 39.8 Å². The van der Waals surface area contributed by atoms with Crippen LogP contribution in [0.15, 0.2) is 4.99 Å². The molecule has 2 rings (SSSR count). The fourth-order valence-electron chi connectivity index (χ4n) is 3.16. The van der Waals surface area contributed by atoms with Crippen LogP contribution < -0.4 is 5.32 Å². The highest BCUT2D eigenvalue weighted by molar-refractivity contribution is 14.0. The van der Waals surface area contributed by atoms with Gasteiger partial charge in [-0.05, 0) is 26.2 Å². The van der Waals surface area contributed by atoms with E-state index in [0.29, 0.717) is 38.7 Å². The van der Waals surface area contributed by atoms with E-state index in [1.165, 1.54) is 10.6 Å². The number of nitrogens with one attached hydrogen (secondary N) is 1. The molecule has 0 aromatic heterocycles. The van der Waals surface area contributed by atoms with Gasteiger partial charge in [-0.15, -0.1) is 24.0 Å². The number of sulfone groups is 1. The molecule has 0 aromatic carbocycles. The topological polar surface area (TPSA) is 99.2 Å². The second-order valence-corrected chi connectivity index (χ2v) is 11.9. The zero-order valence-electron chi connectivity index (χ0n) is 15.2. The summed E-state index contributed by atoms with van der Waals surface area (Å²) >= 11 is 0. The zero-order chi connectivity index (χ0) is 18.2. The van der Waals surface area contributed by atoms with Crippen LogP contribution in [0.2, 0.25) is 0 Å². The lowest BCUT2D eigenvalue weighted by atomic mass is 10.1. The molecular formula is C14H29IN4O4S2. The van der Waals surface area contributed by atoms with Gasteiger partial charge in [0.05, 0.1) is 16.8 Å². The Bertz CT molecular complexity index is 706. The summed E-state index contributed by atoms with van der Waals surface area (Å²) in [7, 11) is -4.54. The monoisotopic (exact) mass is 508 g/mol. The van der Waals surface area contributed by atoms with Crippen molar-refractivity contribution in [2.75, 3.05) is 51.8 Å². The molecule has 1 unspecified atom stereocenters. The second-order valence-electron chi connectivity index (χ2n) is 7.20. The number of rotatable bonds is 3. The molecule has 25 heavy (non-hydrogen) atoms. The van der Waals surface area contributed by atoms with Crippen molar-refractivity contribution in [3.63, 3.8) is 0 Å². The average Bonchev–Trinajstić information content (AvgIpc) is 2.92. The van der Waals surface area contributed by atoms with Crippen molar-refractivity contribution in [2.45, 2.75) is 25.0 Å². The van der Waals surface area contributed by atoms with E-state index in [9.17, 15) is 16.8 Å². The van der Waals surface area contributed by atoms with Crippen LogP contribution >= 0.6 is 24.0 Å². The molecule has 2 aliphatic heterocycles. The predicted molar refractivity (Wildman–Crippen MR) is 111 cm³/mol. The second kappa shape index (κ2) is 8.26. The smallest absolute Gasteiger partial charge is 0.211 e. The Morgan fingerprint density at radius 3 is 2.44 bits per heavy atom. The molecule has 2 heterocycles. The first-order valence-electron chi connectivity index (χ1n) is 8.09. The number of guanidine groups is 1. The van der Waals surface area contributed by atoms with Gasteiger partial charge in [-0.3, -0.25) is 4.99 Å². The minimum Gasteiger partial charge on any atom is -0.356 e. The van der Waals surface area contributed by atoms with Crippen LogP contribution in [0.3, 0.4) is 0 Å². The van der Waals surface area contributed by atoms with E-state index >= 15 is 0 Å². The molecule has 2 saturated heterocycles. The maximum Gasteiger partial charge on any atom is 0.211 e. The largest absolute Gasteiger partial charge is 0.356 e. The summed E-state index contributed by atoms with van der Waals surface area (Å²) in [5, 5.41) is 3.28. The minimum atomic E-state index is -3.13. The number of hydrogen-bond donors (Lipinski definition) is 1. The van der Waals surface area contributed by atoms with Crippen molar-refractivity contribution in [2.24, 2.45) is 10.9 Å². The molecule has 0 saturated carbocycles. The quantitative estimate of drug-likeness (QED) is 0.327. The molecular weight excluding hydrogens is 479 g/mol. The number of sulfonamides is 1. The average molecular weight is 508 g/mol. The van der Waals surface area contributed by atoms with Crippen molar-refractivity contribution in [3.05, 3.63) is 0 Å². The van der Waals surface area contributed by atoms with Crippen molar-refractivity contribution < 1.29 is 16.8 Å². The Morgan fingerprint density at radius 2 is 1.96 bits per heavy atom. The highest BCUT2D eigenvalue weighted by Crippen LogP contribution is 2.24. The Kier molecular flexibility index (Phi) is 7.56. The molecule has 0 spiro atoms. The van der Waals surface area contributed by atoms with E-state index in [-0.39, 0.29) is 35.6 Å². The summed E-state index contributed by atoms with van der Waals surface area (Å²) < 4.78 is 48.1. The summed E-state index contributed by atoms with van der Waals surface area (Å²) in [5.74, 6) is 1.03. The summed E-state index contributed by atoms with van der Waals surface area (Å²) in [6.45, 7) is 6.00. The van der Waals surface area contributed by atoms with Crippen LogP contribution in [-0.2, 0) is 19.9 Å². The summed E-state index contributed by atoms with van der Waals surface area (Å²) in [6, 6.07) is 0. The van der Waals surface area contributed by atoms with Crippen LogP contribution in [-0.4, -0.2) is 88.5 Å². The van der Waals surface area contributed by atoms with Gasteiger partial charge in [0.15, 0.2) is 15.8 Å². The van der Waals surface area contributed by atoms with Gasteiger partial charge < -0.3 is 10.2 Å². The van der Waals surface area contributed by atoms with Crippen molar-refractivity contribution in [1.29, 1.82) is 0 Å². The molecule has 148 valence electrons. The maximum absolute atomic E-state index is 12.1. The molecule has 0 aliphatic carbocycles. The van der Waals surface area contributed by atoms with Gasteiger partial charge in [0.25, 0.3) is 0 Å². The lowest BCUT2D eigenvalue weighted by Crippen LogP contribution is -2.57. The standard InChI is InChI=1S/C14H28N4O4S2.HI/c1-14(2)11-17(7-8-24(14,21)22)13(15-3)16-9-12-5-6-18(10-12)23(4,19)20;/h12H,5-11H2,1-4H3,(H,15,16);1H. The van der Waals surface area contributed by atoms with Crippen LogP contribution in [0, 0.1) is 5.92 Å². The summed E-state index contributed by atoms with van der Waals surface area (Å²) in [4.78, 5) is 6.22. The molecule has 2 fully saturated rings. The SMILES string of the molecule is CN=C(NCC1CCN(S(C)(=O)=O)C1)N1CCS(=O)(=O)C(C)(C)C1.I. The van der Waals surface area contributed by atoms with Crippen LogP contribution in [0.1, 0.15) is 20.3 Å². The van der Waals surface area contributed by atoms with Crippen LogP contribution in [0.4, 0.5) is 0 Å². The van der Waals surface area contributed by atoms with E-state index in [4.69, 9.17) is 0 Å². The maximum atomic E-state index is 12.1. The molecule has 0 aromatic rings. The third-order valence-corrected chi connectivity index (χ3v) is 8.62. The molecule has 11 heteroatoms. The molecule has 0 radical (unpaired) electrons. The molecule has 1 N–H and O–H groups in total. The van der Waals surface area contributed by atoms with Gasteiger partial charge in [-0.1, -0.05) is 0 Å².